The number of thioether (sulfide) groups is 1. The van der Waals surface area contributed by atoms with E-state index in [9.17, 15) is 4.79 Å². The van der Waals surface area contributed by atoms with Crippen molar-refractivity contribution in [1.82, 2.24) is 9.97 Å². The maximum Gasteiger partial charge on any atom is 0.343 e. The number of hydrogen-bond acceptors (Lipinski definition) is 7. The van der Waals surface area contributed by atoms with E-state index in [1.54, 1.807) is 13.0 Å². The van der Waals surface area contributed by atoms with Crippen molar-refractivity contribution in [2.75, 3.05) is 23.9 Å². The second-order valence-electron chi connectivity index (χ2n) is 4.56. The average molecular weight is 318 g/mol. The number of benzene rings is 1. The number of aromatic nitrogens is 2. The van der Waals surface area contributed by atoms with Gasteiger partial charge in [-0.3, -0.25) is 0 Å². The van der Waals surface area contributed by atoms with E-state index in [0.29, 0.717) is 22.3 Å². The van der Waals surface area contributed by atoms with E-state index in [2.05, 4.69) is 15.3 Å². The fourth-order valence-electron chi connectivity index (χ4n) is 1.82. The van der Waals surface area contributed by atoms with E-state index >= 15 is 0 Å². The predicted octanol–water partition coefficient (Wildman–Crippen LogP) is 3.01. The summed E-state index contributed by atoms with van der Waals surface area (Å²) in [5.74, 6) is -0.0843. The average Bonchev–Trinajstić information content (AvgIpc) is 2.51. The van der Waals surface area contributed by atoms with Gasteiger partial charge in [0.25, 0.3) is 0 Å². The molecule has 1 aromatic heterocycles. The third-order valence-electron chi connectivity index (χ3n) is 2.91. The predicted molar refractivity (Wildman–Crippen MR) is 88.6 cm³/mol. The van der Waals surface area contributed by atoms with Crippen LogP contribution in [-0.2, 0) is 4.74 Å². The van der Waals surface area contributed by atoms with Crippen LogP contribution in [0.3, 0.4) is 0 Å². The summed E-state index contributed by atoms with van der Waals surface area (Å²) in [6.45, 7) is 4.00. The molecule has 0 atom stereocenters. The zero-order valence-corrected chi connectivity index (χ0v) is 13.5. The number of nitrogens with two attached hydrogens (primary N) is 1. The lowest BCUT2D eigenvalue weighted by atomic mass is 10.2. The topological polar surface area (TPSA) is 90.1 Å². The summed E-state index contributed by atoms with van der Waals surface area (Å²) in [4.78, 5) is 20.5. The normalized spacial score (nSPS) is 10.3. The van der Waals surface area contributed by atoms with Crippen LogP contribution in [0, 0.1) is 6.92 Å². The molecule has 0 bridgehead atoms. The molecule has 0 radical (unpaired) electrons. The molecule has 0 spiro atoms. The van der Waals surface area contributed by atoms with Gasteiger partial charge in [-0.05, 0) is 37.8 Å². The molecule has 1 heterocycles. The highest BCUT2D eigenvalue weighted by atomic mass is 32.2. The Balaban J connectivity index is 2.42. The summed E-state index contributed by atoms with van der Waals surface area (Å²) in [6.07, 6.45) is 3.33. The van der Waals surface area contributed by atoms with Gasteiger partial charge in [0.05, 0.1) is 18.0 Å². The van der Waals surface area contributed by atoms with E-state index in [0.717, 1.165) is 5.56 Å². The minimum absolute atomic E-state index is 0.278. The van der Waals surface area contributed by atoms with Crippen LogP contribution in [-0.4, -0.2) is 28.8 Å². The van der Waals surface area contributed by atoms with Gasteiger partial charge in [0, 0.05) is 6.20 Å². The molecule has 7 heteroatoms. The second-order valence-corrected chi connectivity index (χ2v) is 5.33. The molecule has 3 N–H and O–H groups in total. The van der Waals surface area contributed by atoms with Crippen molar-refractivity contribution in [2.45, 2.75) is 19.0 Å². The van der Waals surface area contributed by atoms with E-state index in [1.807, 2.05) is 25.3 Å². The number of nitrogens with one attached hydrogen (secondary N) is 1. The van der Waals surface area contributed by atoms with Crippen molar-refractivity contribution in [3.05, 3.63) is 35.5 Å². The van der Waals surface area contributed by atoms with Crippen LogP contribution in [0.2, 0.25) is 0 Å². The molecule has 0 saturated carbocycles. The van der Waals surface area contributed by atoms with Gasteiger partial charge in [0.1, 0.15) is 11.4 Å². The summed E-state index contributed by atoms with van der Waals surface area (Å²) < 4.78 is 5.04. The number of esters is 1. The first-order chi connectivity index (χ1) is 10.5. The Morgan fingerprint density at radius 2 is 2.23 bits per heavy atom. The molecule has 0 aliphatic heterocycles. The monoisotopic (exact) mass is 318 g/mol. The van der Waals surface area contributed by atoms with Crippen LogP contribution >= 0.6 is 11.8 Å². The number of rotatable bonds is 5. The standard InChI is InChI=1S/C15H18N4O2S/c1-4-21-14(20)10-8-17-15(22-3)19-13(10)18-12-7-9(2)5-6-11(12)16/h5-8H,4,16H2,1-3H3,(H,17,18,19). The van der Waals surface area contributed by atoms with Crippen LogP contribution in [0.15, 0.2) is 29.6 Å². The van der Waals surface area contributed by atoms with Crippen molar-refractivity contribution < 1.29 is 9.53 Å². The van der Waals surface area contributed by atoms with Gasteiger partial charge in [-0.15, -0.1) is 0 Å². The van der Waals surface area contributed by atoms with E-state index in [4.69, 9.17) is 10.5 Å². The van der Waals surface area contributed by atoms with Crippen molar-refractivity contribution in [3.63, 3.8) is 0 Å². The zero-order valence-electron chi connectivity index (χ0n) is 12.7. The third-order valence-corrected chi connectivity index (χ3v) is 3.47. The molecule has 0 unspecified atom stereocenters. The SMILES string of the molecule is CCOC(=O)c1cnc(SC)nc1Nc1cc(C)ccc1N. The molecule has 2 aromatic rings. The Morgan fingerprint density at radius 1 is 1.45 bits per heavy atom. The van der Waals surface area contributed by atoms with Gasteiger partial charge < -0.3 is 15.8 Å². The lowest BCUT2D eigenvalue weighted by Gasteiger charge is -2.13. The first kappa shape index (κ1) is 16.1. The maximum atomic E-state index is 12.0. The minimum atomic E-state index is -0.469. The fraction of sp³-hybridized carbons (Fsp3) is 0.267. The van der Waals surface area contributed by atoms with Gasteiger partial charge in [0.2, 0.25) is 0 Å². The molecule has 22 heavy (non-hydrogen) atoms. The zero-order chi connectivity index (χ0) is 16.1. The van der Waals surface area contributed by atoms with Gasteiger partial charge in [0.15, 0.2) is 5.16 Å². The number of nitrogen functional groups attached to an aromatic ring is 1. The highest BCUT2D eigenvalue weighted by Crippen LogP contribution is 2.26. The van der Waals surface area contributed by atoms with Crippen LogP contribution in [0.5, 0.6) is 0 Å². The maximum absolute atomic E-state index is 12.0. The Labute approximate surface area is 133 Å². The van der Waals surface area contributed by atoms with E-state index in [1.165, 1.54) is 18.0 Å². The summed E-state index contributed by atoms with van der Waals surface area (Å²) in [6, 6.07) is 5.61. The highest BCUT2D eigenvalue weighted by molar-refractivity contribution is 7.98. The molecule has 0 aliphatic rings. The van der Waals surface area contributed by atoms with Crippen molar-refractivity contribution in [1.29, 1.82) is 0 Å². The van der Waals surface area contributed by atoms with Crippen LogP contribution in [0.1, 0.15) is 22.8 Å². The molecule has 2 rings (SSSR count). The van der Waals surface area contributed by atoms with Crippen molar-refractivity contribution >= 4 is 34.9 Å². The molecule has 116 valence electrons. The van der Waals surface area contributed by atoms with Crippen molar-refractivity contribution in [3.8, 4) is 0 Å². The number of nitrogens with zero attached hydrogens (tertiary/aromatic N) is 2. The van der Waals surface area contributed by atoms with Gasteiger partial charge in [-0.25, -0.2) is 14.8 Å². The first-order valence-corrected chi connectivity index (χ1v) is 7.99. The summed E-state index contributed by atoms with van der Waals surface area (Å²) in [5.41, 5.74) is 8.56. The van der Waals surface area contributed by atoms with E-state index < -0.39 is 5.97 Å². The minimum Gasteiger partial charge on any atom is -0.462 e. The smallest absolute Gasteiger partial charge is 0.343 e. The largest absolute Gasteiger partial charge is 0.462 e. The number of hydrogen-bond donors (Lipinski definition) is 2. The van der Waals surface area contributed by atoms with E-state index in [-0.39, 0.29) is 12.2 Å². The Hall–Kier alpha value is -2.28. The molecule has 0 saturated heterocycles. The van der Waals surface area contributed by atoms with Crippen LogP contribution < -0.4 is 11.1 Å². The number of ether oxygens (including phenoxy) is 1. The second kappa shape index (κ2) is 7.13. The number of anilines is 3. The van der Waals surface area contributed by atoms with Crippen LogP contribution in [0.4, 0.5) is 17.2 Å². The number of aryl methyl sites for hydroxylation is 1. The van der Waals surface area contributed by atoms with Gasteiger partial charge in [-0.1, -0.05) is 17.8 Å². The lowest BCUT2D eigenvalue weighted by Crippen LogP contribution is -2.11. The number of carbonyl (C=O) groups is 1. The summed E-state index contributed by atoms with van der Waals surface area (Å²) in [7, 11) is 0. The quantitative estimate of drug-likeness (QED) is 0.379. The molecule has 6 nitrogen and oxygen atoms in total. The van der Waals surface area contributed by atoms with Crippen molar-refractivity contribution in [2.24, 2.45) is 0 Å². The third kappa shape index (κ3) is 3.67. The van der Waals surface area contributed by atoms with Gasteiger partial charge >= 0.3 is 5.97 Å². The molecule has 0 fully saturated rings. The van der Waals surface area contributed by atoms with Crippen LogP contribution in [0.25, 0.3) is 0 Å². The molecular formula is C15H18N4O2S. The molecular weight excluding hydrogens is 300 g/mol. The molecule has 0 amide bonds. The number of carbonyl (C=O) groups excluding carboxylic acids is 1. The fourth-order valence-corrected chi connectivity index (χ4v) is 2.16. The Kier molecular flexibility index (Phi) is 5.21. The van der Waals surface area contributed by atoms with Gasteiger partial charge in [-0.2, -0.15) is 0 Å². The Bertz CT molecular complexity index is 691. The Morgan fingerprint density at radius 3 is 2.91 bits per heavy atom. The molecule has 1 aromatic carbocycles. The lowest BCUT2D eigenvalue weighted by molar-refractivity contribution is 0.0526. The summed E-state index contributed by atoms with van der Waals surface area (Å²) in [5, 5.41) is 3.66. The first-order valence-electron chi connectivity index (χ1n) is 6.76. The highest BCUT2D eigenvalue weighted by Gasteiger charge is 2.16. The summed E-state index contributed by atoms with van der Waals surface area (Å²) >= 11 is 1.39. The molecule has 0 aliphatic carbocycles.